The van der Waals surface area contributed by atoms with E-state index in [2.05, 4.69) is 13.8 Å². The summed E-state index contributed by atoms with van der Waals surface area (Å²) in [6, 6.07) is 0. The van der Waals surface area contributed by atoms with Gasteiger partial charge in [-0.25, -0.2) is 0 Å². The maximum atomic E-state index is 9.44. The highest BCUT2D eigenvalue weighted by Gasteiger charge is 2.39. The van der Waals surface area contributed by atoms with Crippen LogP contribution in [0.4, 0.5) is 0 Å². The van der Waals surface area contributed by atoms with Crippen LogP contribution < -0.4 is 5.73 Å². The molecule has 3 nitrogen and oxygen atoms in total. The van der Waals surface area contributed by atoms with Crippen molar-refractivity contribution in [2.75, 3.05) is 13.2 Å². The molecule has 0 aromatic rings. The van der Waals surface area contributed by atoms with Crippen molar-refractivity contribution in [2.45, 2.75) is 32.5 Å². The van der Waals surface area contributed by atoms with Crippen LogP contribution in [0.5, 0.6) is 0 Å². The number of nitrogens with two attached hydrogens (primary N) is 1. The molecule has 0 radical (unpaired) electrons. The average Bonchev–Trinajstić information content (AvgIpc) is 2.28. The molecule has 0 aliphatic carbocycles. The van der Waals surface area contributed by atoms with Crippen LogP contribution in [-0.4, -0.2) is 30.5 Å². The van der Waals surface area contributed by atoms with E-state index in [1.54, 1.807) is 0 Å². The van der Waals surface area contributed by atoms with Gasteiger partial charge < -0.3 is 15.6 Å². The van der Waals surface area contributed by atoms with E-state index in [1.807, 2.05) is 0 Å². The summed E-state index contributed by atoms with van der Waals surface area (Å²) in [6.07, 6.45) is 0.425. The van der Waals surface area contributed by atoms with Crippen LogP contribution in [0, 0.1) is 5.41 Å². The Labute approximate surface area is 67.5 Å². The third kappa shape index (κ3) is 1.72. The van der Waals surface area contributed by atoms with Gasteiger partial charge in [-0.05, 0) is 11.8 Å². The van der Waals surface area contributed by atoms with Crippen LogP contribution >= 0.6 is 0 Å². The maximum absolute atomic E-state index is 9.44. The van der Waals surface area contributed by atoms with Gasteiger partial charge in [-0.15, -0.1) is 0 Å². The zero-order valence-corrected chi connectivity index (χ0v) is 7.21. The largest absolute Gasteiger partial charge is 0.389 e. The van der Waals surface area contributed by atoms with Crippen LogP contribution in [-0.2, 0) is 4.74 Å². The molecular weight excluding hydrogens is 142 g/mol. The fourth-order valence-electron chi connectivity index (χ4n) is 1.57. The zero-order valence-electron chi connectivity index (χ0n) is 7.21. The molecule has 11 heavy (non-hydrogen) atoms. The van der Waals surface area contributed by atoms with Gasteiger partial charge in [0.2, 0.25) is 0 Å². The first-order valence-corrected chi connectivity index (χ1v) is 4.07. The summed E-state index contributed by atoms with van der Waals surface area (Å²) in [5.41, 5.74) is 5.43. The highest BCUT2D eigenvalue weighted by Crippen LogP contribution is 2.35. The monoisotopic (exact) mass is 159 g/mol. The lowest BCUT2D eigenvalue weighted by atomic mass is 9.83. The Bertz CT molecular complexity index is 136. The molecule has 1 saturated heterocycles. The van der Waals surface area contributed by atoms with Gasteiger partial charge >= 0.3 is 0 Å². The molecule has 0 aromatic heterocycles. The van der Waals surface area contributed by atoms with Gasteiger partial charge in [-0.2, -0.15) is 0 Å². The molecule has 3 heteroatoms. The second kappa shape index (κ2) is 3.09. The fourth-order valence-corrected chi connectivity index (χ4v) is 1.57. The average molecular weight is 159 g/mol. The first kappa shape index (κ1) is 8.97. The minimum absolute atomic E-state index is 0.0764. The van der Waals surface area contributed by atoms with Crippen molar-refractivity contribution in [1.82, 2.24) is 0 Å². The molecule has 1 aliphatic heterocycles. The Morgan fingerprint density at radius 1 is 1.73 bits per heavy atom. The highest BCUT2D eigenvalue weighted by molar-refractivity contribution is 4.89. The lowest BCUT2D eigenvalue weighted by molar-refractivity contribution is -0.0348. The Morgan fingerprint density at radius 2 is 2.36 bits per heavy atom. The predicted octanol–water partition coefficient (Wildman–Crippen LogP) is 0.121. The molecule has 1 rings (SSSR count). The minimum atomic E-state index is -0.507. The van der Waals surface area contributed by atoms with E-state index in [-0.39, 0.29) is 18.1 Å². The Morgan fingerprint density at radius 3 is 2.73 bits per heavy atom. The fraction of sp³-hybridized carbons (Fsp3) is 1.00. The number of hydrogen-bond donors (Lipinski definition) is 2. The third-order valence-electron chi connectivity index (χ3n) is 2.40. The zero-order chi connectivity index (χ0) is 8.48. The summed E-state index contributed by atoms with van der Waals surface area (Å²) in [5.74, 6) is 0. The topological polar surface area (TPSA) is 55.5 Å². The molecule has 0 unspecified atom stereocenters. The van der Waals surface area contributed by atoms with E-state index in [0.29, 0.717) is 0 Å². The highest BCUT2D eigenvalue weighted by atomic mass is 16.5. The SMILES string of the molecule is CC1(C)CCO[C@@H]1[C@H](O)CN. The Balaban J connectivity index is 2.57. The van der Waals surface area contributed by atoms with Crippen molar-refractivity contribution < 1.29 is 9.84 Å². The van der Waals surface area contributed by atoms with Crippen LogP contribution in [0.3, 0.4) is 0 Å². The Kier molecular flexibility index (Phi) is 2.52. The maximum Gasteiger partial charge on any atom is 0.0928 e. The molecular formula is C8H17NO2. The van der Waals surface area contributed by atoms with E-state index >= 15 is 0 Å². The minimum Gasteiger partial charge on any atom is -0.389 e. The quantitative estimate of drug-likeness (QED) is 0.601. The Hall–Kier alpha value is -0.120. The molecule has 1 fully saturated rings. The van der Waals surface area contributed by atoms with Gasteiger partial charge in [0.05, 0.1) is 12.2 Å². The molecule has 66 valence electrons. The van der Waals surface area contributed by atoms with E-state index in [4.69, 9.17) is 10.5 Å². The van der Waals surface area contributed by atoms with Crippen molar-refractivity contribution in [3.63, 3.8) is 0 Å². The second-order valence-corrected chi connectivity index (χ2v) is 3.83. The van der Waals surface area contributed by atoms with Gasteiger partial charge in [-0.1, -0.05) is 13.8 Å². The summed E-state index contributed by atoms with van der Waals surface area (Å²) >= 11 is 0. The van der Waals surface area contributed by atoms with Crippen LogP contribution in [0.25, 0.3) is 0 Å². The van der Waals surface area contributed by atoms with E-state index in [1.165, 1.54) is 0 Å². The van der Waals surface area contributed by atoms with Gasteiger partial charge in [-0.3, -0.25) is 0 Å². The number of rotatable bonds is 2. The summed E-state index contributed by atoms with van der Waals surface area (Å²) in [6.45, 7) is 5.23. The summed E-state index contributed by atoms with van der Waals surface area (Å²) in [4.78, 5) is 0. The molecule has 0 amide bonds. The third-order valence-corrected chi connectivity index (χ3v) is 2.40. The normalized spacial score (nSPS) is 32.2. The van der Waals surface area contributed by atoms with E-state index in [9.17, 15) is 5.11 Å². The van der Waals surface area contributed by atoms with Crippen molar-refractivity contribution in [3.05, 3.63) is 0 Å². The molecule has 2 atom stereocenters. The summed E-state index contributed by atoms with van der Waals surface area (Å²) in [7, 11) is 0. The van der Waals surface area contributed by atoms with Crippen molar-refractivity contribution >= 4 is 0 Å². The molecule has 0 spiro atoms. The van der Waals surface area contributed by atoms with E-state index < -0.39 is 6.10 Å². The van der Waals surface area contributed by atoms with Crippen molar-refractivity contribution in [2.24, 2.45) is 11.1 Å². The number of ether oxygens (including phenoxy) is 1. The molecule has 3 N–H and O–H groups in total. The smallest absolute Gasteiger partial charge is 0.0928 e. The van der Waals surface area contributed by atoms with Crippen LogP contribution in [0.2, 0.25) is 0 Å². The van der Waals surface area contributed by atoms with Crippen molar-refractivity contribution in [1.29, 1.82) is 0 Å². The van der Waals surface area contributed by atoms with Gasteiger partial charge in [0, 0.05) is 13.2 Å². The number of aliphatic hydroxyl groups excluding tert-OH is 1. The van der Waals surface area contributed by atoms with Gasteiger partial charge in [0.1, 0.15) is 0 Å². The summed E-state index contributed by atoms with van der Waals surface area (Å²) < 4.78 is 5.39. The van der Waals surface area contributed by atoms with Gasteiger partial charge in [0.25, 0.3) is 0 Å². The summed E-state index contributed by atoms with van der Waals surface area (Å²) in [5, 5.41) is 9.44. The molecule has 0 bridgehead atoms. The predicted molar refractivity (Wildman–Crippen MR) is 43.2 cm³/mol. The lowest BCUT2D eigenvalue weighted by Crippen LogP contribution is -2.40. The van der Waals surface area contributed by atoms with Gasteiger partial charge in [0.15, 0.2) is 0 Å². The molecule has 0 aromatic carbocycles. The standard InChI is InChI=1S/C8H17NO2/c1-8(2)3-4-11-7(8)6(10)5-9/h6-7,10H,3-5,9H2,1-2H3/t6-,7-/m1/s1. The molecule has 1 aliphatic rings. The lowest BCUT2D eigenvalue weighted by Gasteiger charge is -2.28. The number of aliphatic hydroxyl groups is 1. The van der Waals surface area contributed by atoms with Crippen LogP contribution in [0.15, 0.2) is 0 Å². The molecule has 1 heterocycles. The van der Waals surface area contributed by atoms with Crippen LogP contribution in [0.1, 0.15) is 20.3 Å². The van der Waals surface area contributed by atoms with E-state index in [0.717, 1.165) is 13.0 Å². The number of hydrogen-bond acceptors (Lipinski definition) is 3. The first-order chi connectivity index (χ1) is 5.08. The first-order valence-electron chi connectivity index (χ1n) is 4.07. The second-order valence-electron chi connectivity index (χ2n) is 3.83. The van der Waals surface area contributed by atoms with Crippen molar-refractivity contribution in [3.8, 4) is 0 Å². The molecule has 0 saturated carbocycles.